The third-order valence-electron chi connectivity index (χ3n) is 4.01. The van der Waals surface area contributed by atoms with Gasteiger partial charge in [-0.1, -0.05) is 32.9 Å². The van der Waals surface area contributed by atoms with Gasteiger partial charge in [0, 0.05) is 37.3 Å². The Morgan fingerprint density at radius 2 is 2.00 bits per heavy atom. The fraction of sp³-hybridized carbons (Fsp3) is 0.625. The molecule has 1 aliphatic rings. The Hall–Kier alpha value is -1.00. The summed E-state index contributed by atoms with van der Waals surface area (Å²) in [6.07, 6.45) is 0. The van der Waals surface area contributed by atoms with E-state index in [1.54, 1.807) is 12.1 Å². The lowest BCUT2D eigenvalue weighted by Gasteiger charge is -2.46. The SMILES string of the molecule is CC1CN(Cc2cccc(F)c2F)C(C(C)(C)C)CN1. The van der Waals surface area contributed by atoms with Gasteiger partial charge in [-0.15, -0.1) is 0 Å². The Kier molecular flexibility index (Phi) is 4.45. The van der Waals surface area contributed by atoms with Gasteiger partial charge in [0.15, 0.2) is 11.6 Å². The quantitative estimate of drug-likeness (QED) is 0.896. The van der Waals surface area contributed by atoms with Gasteiger partial charge in [-0.2, -0.15) is 0 Å². The first-order chi connectivity index (χ1) is 9.29. The molecule has 1 aromatic rings. The summed E-state index contributed by atoms with van der Waals surface area (Å²) in [5.74, 6) is -1.48. The second kappa shape index (κ2) is 5.78. The molecule has 0 aromatic heterocycles. The smallest absolute Gasteiger partial charge is 0.163 e. The zero-order valence-corrected chi connectivity index (χ0v) is 12.7. The fourth-order valence-electron chi connectivity index (χ4n) is 2.90. The zero-order valence-electron chi connectivity index (χ0n) is 12.7. The van der Waals surface area contributed by atoms with E-state index in [0.717, 1.165) is 13.1 Å². The van der Waals surface area contributed by atoms with Gasteiger partial charge in [-0.3, -0.25) is 4.90 Å². The molecule has 112 valence electrons. The van der Waals surface area contributed by atoms with E-state index in [1.165, 1.54) is 6.07 Å². The first-order valence-electron chi connectivity index (χ1n) is 7.19. The molecule has 0 spiro atoms. The second-order valence-electron chi connectivity index (χ2n) is 6.83. The van der Waals surface area contributed by atoms with Crippen molar-refractivity contribution in [2.45, 2.75) is 46.3 Å². The fourth-order valence-corrected chi connectivity index (χ4v) is 2.90. The number of hydrogen-bond acceptors (Lipinski definition) is 2. The molecule has 0 saturated carbocycles. The van der Waals surface area contributed by atoms with Crippen LogP contribution in [-0.4, -0.2) is 30.1 Å². The minimum atomic E-state index is -0.766. The number of rotatable bonds is 2. The molecule has 1 fully saturated rings. The van der Waals surface area contributed by atoms with Crippen LogP contribution in [0.25, 0.3) is 0 Å². The average Bonchev–Trinajstić information content (AvgIpc) is 2.33. The molecule has 1 N–H and O–H groups in total. The van der Waals surface area contributed by atoms with E-state index < -0.39 is 11.6 Å². The van der Waals surface area contributed by atoms with Crippen molar-refractivity contribution in [3.63, 3.8) is 0 Å². The monoisotopic (exact) mass is 282 g/mol. The first kappa shape index (κ1) is 15.4. The van der Waals surface area contributed by atoms with Gasteiger partial charge >= 0.3 is 0 Å². The lowest BCUT2D eigenvalue weighted by Crippen LogP contribution is -2.59. The average molecular weight is 282 g/mol. The van der Waals surface area contributed by atoms with E-state index in [4.69, 9.17) is 0 Å². The summed E-state index contributed by atoms with van der Waals surface area (Å²) in [5, 5.41) is 3.47. The number of nitrogens with one attached hydrogen (secondary N) is 1. The first-order valence-corrected chi connectivity index (χ1v) is 7.19. The van der Waals surface area contributed by atoms with Crippen molar-refractivity contribution in [3.05, 3.63) is 35.4 Å². The van der Waals surface area contributed by atoms with Crippen molar-refractivity contribution < 1.29 is 8.78 Å². The summed E-state index contributed by atoms with van der Waals surface area (Å²) in [7, 11) is 0. The van der Waals surface area contributed by atoms with Gasteiger partial charge in [0.05, 0.1) is 0 Å². The summed E-state index contributed by atoms with van der Waals surface area (Å²) in [5.41, 5.74) is 0.532. The lowest BCUT2D eigenvalue weighted by molar-refractivity contribution is 0.0516. The maximum absolute atomic E-state index is 13.9. The summed E-state index contributed by atoms with van der Waals surface area (Å²) in [4.78, 5) is 2.26. The van der Waals surface area contributed by atoms with Gasteiger partial charge in [-0.25, -0.2) is 8.78 Å². The predicted molar refractivity (Wildman–Crippen MR) is 77.5 cm³/mol. The molecule has 1 aliphatic heterocycles. The molecule has 0 radical (unpaired) electrons. The molecule has 2 rings (SSSR count). The minimum Gasteiger partial charge on any atom is -0.311 e. The summed E-state index contributed by atoms with van der Waals surface area (Å²) in [6, 6.07) is 5.09. The van der Waals surface area contributed by atoms with E-state index in [1.807, 2.05) is 0 Å². The number of piperazine rings is 1. The number of halogens is 2. The molecular formula is C16H24F2N2. The normalized spacial score (nSPS) is 24.9. The highest BCUT2D eigenvalue weighted by molar-refractivity contribution is 5.19. The van der Waals surface area contributed by atoms with Crippen LogP contribution >= 0.6 is 0 Å². The standard InChI is InChI=1S/C16H24F2N2/c1-11-9-20(14(8-19-11)16(2,3)4)10-12-6-5-7-13(17)15(12)18/h5-7,11,14,19H,8-10H2,1-4H3. The van der Waals surface area contributed by atoms with Crippen LogP contribution in [-0.2, 0) is 6.54 Å². The molecule has 0 amide bonds. The Morgan fingerprint density at radius 1 is 1.30 bits per heavy atom. The van der Waals surface area contributed by atoms with E-state index >= 15 is 0 Å². The predicted octanol–water partition coefficient (Wildman–Crippen LogP) is 3.17. The maximum atomic E-state index is 13.9. The molecule has 4 heteroatoms. The molecule has 20 heavy (non-hydrogen) atoms. The minimum absolute atomic E-state index is 0.0942. The van der Waals surface area contributed by atoms with Crippen LogP contribution in [0.3, 0.4) is 0 Å². The number of nitrogens with zero attached hydrogens (tertiary/aromatic N) is 1. The molecule has 1 saturated heterocycles. The third-order valence-corrected chi connectivity index (χ3v) is 4.01. The Labute approximate surface area is 120 Å². The van der Waals surface area contributed by atoms with Crippen LogP contribution in [0.1, 0.15) is 33.3 Å². The Balaban J connectivity index is 2.21. The number of hydrogen-bond donors (Lipinski definition) is 1. The van der Waals surface area contributed by atoms with Crippen LogP contribution in [0.2, 0.25) is 0 Å². The second-order valence-corrected chi connectivity index (χ2v) is 6.83. The lowest BCUT2D eigenvalue weighted by atomic mass is 9.83. The van der Waals surface area contributed by atoms with Crippen LogP contribution in [0.5, 0.6) is 0 Å². The van der Waals surface area contributed by atoms with Crippen LogP contribution in [0.4, 0.5) is 8.78 Å². The van der Waals surface area contributed by atoms with Gasteiger partial charge < -0.3 is 5.32 Å². The maximum Gasteiger partial charge on any atom is 0.163 e. The molecular weight excluding hydrogens is 258 g/mol. The van der Waals surface area contributed by atoms with E-state index in [2.05, 4.69) is 37.9 Å². The molecule has 0 aliphatic carbocycles. The summed E-state index contributed by atoms with van der Waals surface area (Å²) < 4.78 is 27.2. The van der Waals surface area contributed by atoms with E-state index in [9.17, 15) is 8.78 Å². The molecule has 2 nitrogen and oxygen atoms in total. The van der Waals surface area contributed by atoms with Crippen LogP contribution < -0.4 is 5.32 Å². The van der Waals surface area contributed by atoms with E-state index in [0.29, 0.717) is 24.2 Å². The summed E-state index contributed by atoms with van der Waals surface area (Å²) >= 11 is 0. The van der Waals surface area contributed by atoms with Crippen molar-refractivity contribution in [3.8, 4) is 0 Å². The number of benzene rings is 1. The highest BCUT2D eigenvalue weighted by atomic mass is 19.2. The largest absolute Gasteiger partial charge is 0.311 e. The van der Waals surface area contributed by atoms with Crippen LogP contribution in [0, 0.1) is 17.0 Å². The van der Waals surface area contributed by atoms with Gasteiger partial charge in [0.2, 0.25) is 0 Å². The molecule has 2 atom stereocenters. The van der Waals surface area contributed by atoms with Crippen molar-refractivity contribution in [1.82, 2.24) is 10.2 Å². The molecule has 0 bridgehead atoms. The topological polar surface area (TPSA) is 15.3 Å². The summed E-state index contributed by atoms with van der Waals surface area (Å²) in [6.45, 7) is 10.9. The third kappa shape index (κ3) is 3.36. The van der Waals surface area contributed by atoms with Gasteiger partial charge in [0.1, 0.15) is 0 Å². The highest BCUT2D eigenvalue weighted by Gasteiger charge is 2.34. The zero-order chi connectivity index (χ0) is 14.9. The van der Waals surface area contributed by atoms with Gasteiger partial charge in [-0.05, 0) is 18.4 Å². The molecule has 2 unspecified atom stereocenters. The van der Waals surface area contributed by atoms with Crippen molar-refractivity contribution in [2.24, 2.45) is 5.41 Å². The molecule has 1 heterocycles. The van der Waals surface area contributed by atoms with Crippen LogP contribution in [0.15, 0.2) is 18.2 Å². The highest BCUT2D eigenvalue weighted by Crippen LogP contribution is 2.28. The Morgan fingerprint density at radius 3 is 2.65 bits per heavy atom. The van der Waals surface area contributed by atoms with E-state index in [-0.39, 0.29) is 5.41 Å². The van der Waals surface area contributed by atoms with Crippen molar-refractivity contribution >= 4 is 0 Å². The van der Waals surface area contributed by atoms with Crippen molar-refractivity contribution in [2.75, 3.05) is 13.1 Å². The van der Waals surface area contributed by atoms with Gasteiger partial charge in [0.25, 0.3) is 0 Å². The molecule has 1 aromatic carbocycles. The Bertz CT molecular complexity index is 468. The van der Waals surface area contributed by atoms with Crippen molar-refractivity contribution in [1.29, 1.82) is 0 Å².